The van der Waals surface area contributed by atoms with Crippen LogP contribution in [-0.4, -0.2) is 33.3 Å². The molecule has 1 saturated heterocycles. The molecular formula is C27H29N3O4S. The van der Waals surface area contributed by atoms with Crippen molar-refractivity contribution in [1.29, 1.82) is 0 Å². The summed E-state index contributed by atoms with van der Waals surface area (Å²) in [4.78, 5) is 27.1. The lowest BCUT2D eigenvalue weighted by atomic mass is 10.1. The zero-order chi connectivity index (χ0) is 25.2. The summed E-state index contributed by atoms with van der Waals surface area (Å²) < 4.78 is 28.2. The monoisotopic (exact) mass is 491 g/mol. The van der Waals surface area contributed by atoms with Crippen molar-refractivity contribution in [2.45, 2.75) is 38.5 Å². The topological polar surface area (TPSA) is 86.8 Å². The highest BCUT2D eigenvalue weighted by Gasteiger charge is 2.28. The highest BCUT2D eigenvalue weighted by Crippen LogP contribution is 2.29. The van der Waals surface area contributed by atoms with Crippen molar-refractivity contribution >= 4 is 38.9 Å². The molecule has 1 fully saturated rings. The predicted octanol–water partition coefficient (Wildman–Crippen LogP) is 4.57. The normalized spacial score (nSPS) is 13.7. The molecule has 0 unspecified atom stereocenters. The van der Waals surface area contributed by atoms with Crippen LogP contribution in [0.5, 0.6) is 0 Å². The van der Waals surface area contributed by atoms with E-state index in [4.69, 9.17) is 0 Å². The third kappa shape index (κ3) is 5.38. The molecule has 2 amide bonds. The molecule has 35 heavy (non-hydrogen) atoms. The molecule has 0 saturated carbocycles. The molecule has 0 spiro atoms. The first-order valence-electron chi connectivity index (χ1n) is 11.5. The van der Waals surface area contributed by atoms with Crippen LogP contribution in [0.4, 0.5) is 17.1 Å². The van der Waals surface area contributed by atoms with Gasteiger partial charge in [-0.05, 0) is 69.2 Å². The zero-order valence-corrected chi connectivity index (χ0v) is 20.9. The van der Waals surface area contributed by atoms with E-state index in [0.29, 0.717) is 24.3 Å². The number of amides is 2. The van der Waals surface area contributed by atoms with Crippen molar-refractivity contribution in [3.8, 4) is 0 Å². The summed E-state index contributed by atoms with van der Waals surface area (Å²) in [5, 5.41) is 2.81. The van der Waals surface area contributed by atoms with Gasteiger partial charge in [-0.3, -0.25) is 13.9 Å². The van der Waals surface area contributed by atoms with Gasteiger partial charge in [0.25, 0.3) is 10.0 Å². The van der Waals surface area contributed by atoms with Crippen molar-refractivity contribution in [1.82, 2.24) is 0 Å². The molecule has 8 heteroatoms. The number of carbonyl (C=O) groups is 2. The van der Waals surface area contributed by atoms with Crippen LogP contribution in [0.25, 0.3) is 0 Å². The van der Waals surface area contributed by atoms with Gasteiger partial charge in [-0.2, -0.15) is 0 Å². The number of nitrogens with zero attached hydrogens (tertiary/aromatic N) is 2. The predicted molar refractivity (Wildman–Crippen MR) is 138 cm³/mol. The minimum atomic E-state index is -3.99. The van der Waals surface area contributed by atoms with Crippen LogP contribution in [0.1, 0.15) is 29.5 Å². The number of hydrogen-bond acceptors (Lipinski definition) is 4. The maximum atomic E-state index is 13.5. The second kappa shape index (κ2) is 9.92. The van der Waals surface area contributed by atoms with Crippen LogP contribution in [0.2, 0.25) is 0 Å². The first-order valence-corrected chi connectivity index (χ1v) is 13.0. The van der Waals surface area contributed by atoms with Gasteiger partial charge in [-0.1, -0.05) is 41.5 Å². The number of rotatable bonds is 7. The quantitative estimate of drug-likeness (QED) is 0.524. The largest absolute Gasteiger partial charge is 0.324 e. The molecule has 3 aromatic carbocycles. The summed E-state index contributed by atoms with van der Waals surface area (Å²) in [7, 11) is -3.99. The van der Waals surface area contributed by atoms with Crippen molar-refractivity contribution in [3.63, 3.8) is 0 Å². The molecule has 1 N–H and O–H groups in total. The molecule has 7 nitrogen and oxygen atoms in total. The van der Waals surface area contributed by atoms with E-state index in [1.807, 2.05) is 39.0 Å². The van der Waals surface area contributed by atoms with Crippen LogP contribution in [-0.2, 0) is 19.6 Å². The van der Waals surface area contributed by atoms with Crippen LogP contribution in [0.3, 0.4) is 0 Å². The van der Waals surface area contributed by atoms with Gasteiger partial charge in [0.05, 0.1) is 10.6 Å². The third-order valence-corrected chi connectivity index (χ3v) is 7.86. The van der Waals surface area contributed by atoms with E-state index in [0.717, 1.165) is 33.1 Å². The average Bonchev–Trinajstić information content (AvgIpc) is 3.25. The van der Waals surface area contributed by atoms with Gasteiger partial charge in [-0.15, -0.1) is 0 Å². The molecule has 4 rings (SSSR count). The lowest BCUT2D eigenvalue weighted by Gasteiger charge is -2.24. The maximum Gasteiger partial charge on any atom is 0.264 e. The summed E-state index contributed by atoms with van der Waals surface area (Å²) in [5.74, 6) is -0.421. The van der Waals surface area contributed by atoms with E-state index >= 15 is 0 Å². The Morgan fingerprint density at radius 1 is 0.943 bits per heavy atom. The van der Waals surface area contributed by atoms with Crippen molar-refractivity contribution in [2.24, 2.45) is 0 Å². The van der Waals surface area contributed by atoms with Gasteiger partial charge < -0.3 is 10.2 Å². The van der Waals surface area contributed by atoms with Crippen LogP contribution >= 0.6 is 0 Å². The van der Waals surface area contributed by atoms with Gasteiger partial charge in [0.15, 0.2) is 0 Å². The standard InChI is InChI=1S/C27H29N3O4S/c1-19-6-12-23(13-7-19)30(35(33,34)24-14-8-20(2)9-15-24)18-26(31)28-22-11-10-21(3)25(17-22)29-16-4-5-27(29)32/h6-15,17H,4-5,16,18H2,1-3H3,(H,28,31). The lowest BCUT2D eigenvalue weighted by Crippen LogP contribution is -2.38. The molecular weight excluding hydrogens is 462 g/mol. The second-order valence-electron chi connectivity index (χ2n) is 8.86. The molecule has 1 heterocycles. The minimum absolute atomic E-state index is 0.0614. The Bertz CT molecular complexity index is 1350. The molecule has 0 atom stereocenters. The molecule has 0 aromatic heterocycles. The Labute approximate surface area is 206 Å². The number of benzene rings is 3. The van der Waals surface area contributed by atoms with Crippen molar-refractivity contribution in [2.75, 3.05) is 27.6 Å². The maximum absolute atomic E-state index is 13.5. The SMILES string of the molecule is Cc1ccc(N(CC(=O)Nc2ccc(C)c(N3CCCC3=O)c2)S(=O)(=O)c2ccc(C)cc2)cc1. The summed E-state index contributed by atoms with van der Waals surface area (Å²) in [6.45, 7) is 5.96. The van der Waals surface area contributed by atoms with Crippen molar-refractivity contribution < 1.29 is 18.0 Å². The fourth-order valence-corrected chi connectivity index (χ4v) is 5.50. The number of sulfonamides is 1. The lowest BCUT2D eigenvalue weighted by molar-refractivity contribution is -0.117. The van der Waals surface area contributed by atoms with Gasteiger partial charge in [-0.25, -0.2) is 8.42 Å². The van der Waals surface area contributed by atoms with Gasteiger partial charge >= 0.3 is 0 Å². The summed E-state index contributed by atoms with van der Waals surface area (Å²) in [6.07, 6.45) is 1.32. The number of hydrogen-bond donors (Lipinski definition) is 1. The number of aryl methyl sites for hydroxylation is 3. The molecule has 1 aliphatic heterocycles. The van der Waals surface area contributed by atoms with Crippen LogP contribution in [0, 0.1) is 20.8 Å². The Morgan fingerprint density at radius 3 is 2.17 bits per heavy atom. The fourth-order valence-electron chi connectivity index (χ4n) is 4.08. The Kier molecular flexibility index (Phi) is 6.93. The van der Waals surface area contributed by atoms with E-state index in [-0.39, 0.29) is 10.8 Å². The van der Waals surface area contributed by atoms with E-state index in [1.165, 1.54) is 0 Å². The Hall–Kier alpha value is -3.65. The summed E-state index contributed by atoms with van der Waals surface area (Å²) in [5.41, 5.74) is 4.52. The molecule has 0 bridgehead atoms. The average molecular weight is 492 g/mol. The third-order valence-electron chi connectivity index (χ3n) is 6.08. The van der Waals surface area contributed by atoms with E-state index in [2.05, 4.69) is 5.32 Å². The number of nitrogens with one attached hydrogen (secondary N) is 1. The molecule has 3 aromatic rings. The first-order chi connectivity index (χ1) is 16.6. The number of carbonyl (C=O) groups excluding carboxylic acids is 2. The highest BCUT2D eigenvalue weighted by molar-refractivity contribution is 7.92. The Balaban J connectivity index is 1.61. The van der Waals surface area contributed by atoms with Gasteiger partial charge in [0, 0.05) is 24.3 Å². The van der Waals surface area contributed by atoms with Crippen LogP contribution in [0.15, 0.2) is 71.6 Å². The second-order valence-corrected chi connectivity index (χ2v) is 10.7. The fraction of sp³-hybridized carbons (Fsp3) is 0.259. The van der Waals surface area contributed by atoms with Gasteiger partial charge in [0.2, 0.25) is 11.8 Å². The number of anilines is 3. The summed E-state index contributed by atoms with van der Waals surface area (Å²) >= 11 is 0. The smallest absolute Gasteiger partial charge is 0.264 e. The van der Waals surface area contributed by atoms with E-state index in [9.17, 15) is 18.0 Å². The van der Waals surface area contributed by atoms with Crippen molar-refractivity contribution in [3.05, 3.63) is 83.4 Å². The van der Waals surface area contributed by atoms with Gasteiger partial charge in [0.1, 0.15) is 6.54 Å². The Morgan fingerprint density at radius 2 is 1.57 bits per heavy atom. The van der Waals surface area contributed by atoms with Crippen LogP contribution < -0.4 is 14.5 Å². The molecule has 0 aliphatic carbocycles. The molecule has 0 radical (unpaired) electrons. The molecule has 1 aliphatic rings. The summed E-state index contributed by atoms with van der Waals surface area (Å²) in [6, 6.07) is 18.9. The zero-order valence-electron chi connectivity index (χ0n) is 20.1. The van der Waals surface area contributed by atoms with E-state index < -0.39 is 22.5 Å². The first kappa shape index (κ1) is 24.5. The molecule has 182 valence electrons. The minimum Gasteiger partial charge on any atom is -0.324 e. The highest BCUT2D eigenvalue weighted by atomic mass is 32.2. The van der Waals surface area contributed by atoms with E-state index in [1.54, 1.807) is 53.4 Å².